The number of rotatable bonds is 7. The summed E-state index contributed by atoms with van der Waals surface area (Å²) in [5.41, 5.74) is 26.4. The quantitative estimate of drug-likeness (QED) is 0.147. The Morgan fingerprint density at radius 2 is 0.571 bits per heavy atom. The fraction of sp³-hybridized carbons (Fsp3) is 0.0769. The summed E-state index contributed by atoms with van der Waals surface area (Å²) in [6.07, 6.45) is 0. The molecule has 4 aliphatic heterocycles. The summed E-state index contributed by atoms with van der Waals surface area (Å²) in [6, 6.07) is 104. The lowest BCUT2D eigenvalue weighted by molar-refractivity contribution is 1.29. The summed E-state index contributed by atoms with van der Waals surface area (Å²) in [5, 5.41) is 11.2. The first kappa shape index (κ1) is 50.5. The molecule has 2 nitrogen and oxygen atoms in total. The first-order valence-electron chi connectivity index (χ1n) is 29.9. The molecule has 4 aliphatic rings. The molecule has 0 amide bonds. The van der Waals surface area contributed by atoms with Crippen LogP contribution in [0.2, 0.25) is 0 Å². The van der Waals surface area contributed by atoms with E-state index in [1.807, 2.05) is 0 Å². The summed E-state index contributed by atoms with van der Waals surface area (Å²) in [4.78, 5) is 5.33. The molecule has 398 valence electrons. The topological polar surface area (TPSA) is 6.48 Å². The molecule has 12 aromatic carbocycles. The van der Waals surface area contributed by atoms with Crippen LogP contribution in [0.4, 0.5) is 34.1 Å². The number of benzene rings is 12. The molecule has 0 saturated carbocycles. The van der Waals surface area contributed by atoms with Crippen LogP contribution in [-0.2, 0) is 0 Å². The Hall–Kier alpha value is -9.20. The van der Waals surface area contributed by atoms with Gasteiger partial charge < -0.3 is 9.80 Å². The van der Waals surface area contributed by atoms with Crippen molar-refractivity contribution in [2.45, 2.75) is 41.5 Å². The van der Waals surface area contributed by atoms with Crippen molar-refractivity contribution in [3.8, 4) is 11.1 Å². The van der Waals surface area contributed by atoms with Crippen LogP contribution < -0.4 is 84.1 Å². The molecule has 0 unspecified atom stereocenters. The molecular formula is C78H62B2N2Si2. The van der Waals surface area contributed by atoms with Crippen LogP contribution in [0.1, 0.15) is 33.4 Å². The van der Waals surface area contributed by atoms with Gasteiger partial charge in [0.1, 0.15) is 0 Å². The van der Waals surface area contributed by atoms with E-state index in [9.17, 15) is 0 Å². The zero-order valence-electron chi connectivity index (χ0n) is 48.5. The molecule has 0 bridgehead atoms. The number of aryl methyl sites for hydroxylation is 6. The Balaban J connectivity index is 0.985. The summed E-state index contributed by atoms with van der Waals surface area (Å²) in [6.45, 7) is 13.9. The van der Waals surface area contributed by atoms with Gasteiger partial charge in [0.25, 0.3) is 0 Å². The maximum Gasteiger partial charge on any atom is 0.247 e. The molecule has 16 rings (SSSR count). The third-order valence-electron chi connectivity index (χ3n) is 19.5. The minimum Gasteiger partial charge on any atom is -0.312 e. The van der Waals surface area contributed by atoms with E-state index in [0.29, 0.717) is 0 Å². The first-order valence-corrected chi connectivity index (χ1v) is 33.9. The van der Waals surface area contributed by atoms with Gasteiger partial charge in [0, 0.05) is 34.1 Å². The number of nitrogens with zero attached hydrogens (tertiary/aromatic N) is 2. The highest BCUT2D eigenvalue weighted by atomic mass is 28.3. The molecule has 0 atom stereocenters. The van der Waals surface area contributed by atoms with Crippen molar-refractivity contribution < 1.29 is 0 Å². The van der Waals surface area contributed by atoms with Crippen LogP contribution in [0.15, 0.2) is 267 Å². The largest absolute Gasteiger partial charge is 0.312 e. The van der Waals surface area contributed by atoms with Gasteiger partial charge in [0.2, 0.25) is 13.4 Å². The van der Waals surface area contributed by atoms with E-state index in [1.54, 1.807) is 0 Å². The maximum atomic E-state index is 2.66. The summed E-state index contributed by atoms with van der Waals surface area (Å²) in [5.74, 6) is 0. The second-order valence-corrected chi connectivity index (χ2v) is 31.7. The van der Waals surface area contributed by atoms with Gasteiger partial charge in [-0.05, 0) is 140 Å². The Labute approximate surface area is 497 Å². The van der Waals surface area contributed by atoms with Gasteiger partial charge in [-0.2, -0.15) is 0 Å². The maximum absolute atomic E-state index is 3.14. The van der Waals surface area contributed by atoms with Crippen molar-refractivity contribution >= 4 is 138 Å². The molecule has 0 spiro atoms. The molecule has 0 aliphatic carbocycles. The summed E-state index contributed by atoms with van der Waals surface area (Å²) >= 11 is 0. The molecule has 0 saturated heterocycles. The van der Waals surface area contributed by atoms with Gasteiger partial charge in [0.05, 0.1) is 0 Å². The van der Waals surface area contributed by atoms with E-state index < -0.39 is 16.1 Å². The minimum atomic E-state index is -3.14. The SMILES string of the molecule is Cc1cc(C)c(B2c3ccccc3N3c4ccc(-c5ccc6c(c5)[Si](c5ccccc5)(c5ccccc5)c5cccc7c5N6c5ccccc5B7c5c(C)cc(C)cc5C)cc4[Si](c4ccccc4)(c4ccccc4)c4cccc2c43)c(C)c1. The number of para-hydroxylation sites is 4. The van der Waals surface area contributed by atoms with E-state index in [4.69, 9.17) is 0 Å². The molecule has 4 heterocycles. The zero-order valence-corrected chi connectivity index (χ0v) is 50.5. The van der Waals surface area contributed by atoms with Crippen molar-refractivity contribution in [1.82, 2.24) is 0 Å². The van der Waals surface area contributed by atoms with Crippen molar-refractivity contribution in [3.05, 3.63) is 300 Å². The van der Waals surface area contributed by atoms with Crippen LogP contribution in [0, 0.1) is 41.5 Å². The second kappa shape index (κ2) is 19.2. The van der Waals surface area contributed by atoms with E-state index >= 15 is 0 Å². The van der Waals surface area contributed by atoms with E-state index in [-0.39, 0.29) is 13.4 Å². The van der Waals surface area contributed by atoms with Crippen molar-refractivity contribution in [2.24, 2.45) is 0 Å². The third-order valence-corrected chi connectivity index (χ3v) is 29.1. The van der Waals surface area contributed by atoms with Crippen molar-refractivity contribution in [2.75, 3.05) is 9.80 Å². The van der Waals surface area contributed by atoms with Gasteiger partial charge in [-0.25, -0.2) is 0 Å². The highest BCUT2D eigenvalue weighted by Gasteiger charge is 2.54. The average molecular weight is 1110 g/mol. The van der Waals surface area contributed by atoms with Gasteiger partial charge in [-0.1, -0.05) is 287 Å². The monoisotopic (exact) mass is 1100 g/mol. The van der Waals surface area contributed by atoms with Gasteiger partial charge in [-0.3, -0.25) is 0 Å². The Morgan fingerprint density at radius 3 is 0.917 bits per heavy atom. The Morgan fingerprint density at radius 1 is 0.262 bits per heavy atom. The molecule has 0 aromatic heterocycles. The van der Waals surface area contributed by atoms with Gasteiger partial charge in [0.15, 0.2) is 16.1 Å². The lowest BCUT2D eigenvalue weighted by Crippen LogP contribution is -2.79. The number of hydrogen-bond donors (Lipinski definition) is 0. The van der Waals surface area contributed by atoms with E-state index in [1.165, 1.54) is 153 Å². The fourth-order valence-electron chi connectivity index (χ4n) is 16.6. The van der Waals surface area contributed by atoms with E-state index in [0.717, 1.165) is 0 Å². The van der Waals surface area contributed by atoms with Crippen LogP contribution >= 0.6 is 0 Å². The molecule has 0 radical (unpaired) electrons. The molecule has 84 heavy (non-hydrogen) atoms. The zero-order chi connectivity index (χ0) is 56.6. The third kappa shape index (κ3) is 7.05. The number of fused-ring (bicyclic) bond motifs is 8. The molecular weight excluding hydrogens is 1040 g/mol. The predicted molar refractivity (Wildman–Crippen MR) is 366 cm³/mol. The van der Waals surface area contributed by atoms with Crippen LogP contribution in [-0.4, -0.2) is 29.6 Å². The van der Waals surface area contributed by atoms with Crippen molar-refractivity contribution in [1.29, 1.82) is 0 Å². The summed E-state index contributed by atoms with van der Waals surface area (Å²) in [7, 11) is -6.27. The summed E-state index contributed by atoms with van der Waals surface area (Å²) < 4.78 is 0. The van der Waals surface area contributed by atoms with E-state index in [2.05, 4.69) is 318 Å². The highest BCUT2D eigenvalue weighted by molar-refractivity contribution is 7.23. The van der Waals surface area contributed by atoms with Crippen LogP contribution in [0.3, 0.4) is 0 Å². The van der Waals surface area contributed by atoms with Gasteiger partial charge in [-0.15, -0.1) is 0 Å². The highest BCUT2D eigenvalue weighted by Crippen LogP contribution is 2.44. The molecule has 12 aromatic rings. The fourth-order valence-corrected chi connectivity index (χ4v) is 26.9. The molecule has 6 heteroatoms. The normalized spacial score (nSPS) is 14.4. The van der Waals surface area contributed by atoms with Crippen molar-refractivity contribution in [3.63, 3.8) is 0 Å². The second-order valence-electron chi connectivity index (χ2n) is 24.2. The smallest absolute Gasteiger partial charge is 0.247 e. The average Bonchev–Trinajstić information content (AvgIpc) is 0.817. The number of hydrogen-bond acceptors (Lipinski definition) is 2. The first-order chi connectivity index (χ1) is 41.2. The van der Waals surface area contributed by atoms with Gasteiger partial charge >= 0.3 is 0 Å². The number of anilines is 6. The lowest BCUT2D eigenvalue weighted by Gasteiger charge is -2.49. The standard InChI is InChI=1S/C78H62B2N2Si2/c1-51-45-53(3)75(54(4)46-51)79-63-33-19-21-37-67(63)81-69-43-41-57(49-73(69)83(59-25-11-7-12-26-59,60-27-13-8-14-28-60)71-39-23-35-65(79)77(71)81)58-42-44-70-74(50-58)84(61-29-15-9-16-30-61,62-31-17-10-18-32-62)72-40-24-36-66-78(72)82(70)68-38-22-20-34-64(68)80(66)76-55(5)47-52(2)48-56(76)6/h7-50H,1-6H3. The Kier molecular flexibility index (Phi) is 11.5. The molecule has 0 N–H and O–H groups in total. The van der Waals surface area contributed by atoms with Crippen LogP contribution in [0.5, 0.6) is 0 Å². The Bertz CT molecular complexity index is 4240. The lowest BCUT2D eigenvalue weighted by atomic mass is 9.34. The van der Waals surface area contributed by atoms with Crippen LogP contribution in [0.25, 0.3) is 11.1 Å². The minimum absolute atomic E-state index is 0.0658. The predicted octanol–water partition coefficient (Wildman–Crippen LogP) is 9.18. The molecule has 0 fully saturated rings.